The molecule has 1 aliphatic heterocycles. The SMILES string of the molecule is CC(=O)N[C@@H]1C=C[C@@H]2/C=C(C)/C=C/[C@@H](C)[C@H]([C@H](C)[C@H](O)[C@@H](N)NC(C)=O)OC(=O)/C=C/C=C(C)\C=C\[C@]2(C)C1. The number of carbonyl (C=O) groups is 3. The molecule has 8 atom stereocenters. The quantitative estimate of drug-likeness (QED) is 0.240. The molecule has 0 aromatic heterocycles. The van der Waals surface area contributed by atoms with Gasteiger partial charge in [-0.05, 0) is 25.7 Å². The third-order valence-electron chi connectivity index (χ3n) is 7.35. The van der Waals surface area contributed by atoms with E-state index in [0.717, 1.165) is 17.6 Å². The first-order valence-electron chi connectivity index (χ1n) is 13.5. The summed E-state index contributed by atoms with van der Waals surface area (Å²) in [4.78, 5) is 35.9. The summed E-state index contributed by atoms with van der Waals surface area (Å²) in [5.74, 6) is -1.69. The number of hydrogen-bond donors (Lipinski definition) is 4. The van der Waals surface area contributed by atoms with Gasteiger partial charge in [0.2, 0.25) is 11.8 Å². The fourth-order valence-corrected chi connectivity index (χ4v) is 5.05. The number of fused-ring (bicyclic) bond motifs is 1. The van der Waals surface area contributed by atoms with Crippen molar-refractivity contribution >= 4 is 17.8 Å². The first kappa shape index (κ1) is 32.0. The number of allylic oxidation sites excluding steroid dienone is 9. The van der Waals surface area contributed by atoms with Gasteiger partial charge in [0.25, 0.3) is 0 Å². The molecule has 8 nitrogen and oxygen atoms in total. The van der Waals surface area contributed by atoms with Gasteiger partial charge in [0, 0.05) is 43.7 Å². The standard InChI is InChI=1S/C31H45N3O5/c1-19-9-8-10-27(37)39-29(22(4)28(38)30(32)34-24(6)36)21(3)12-11-20(2)17-25-13-14-26(33-23(5)35)18-31(25,7)16-15-19/h8-17,21-22,25-26,28-30,38H,18,32H2,1-7H3,(H,33,35)(H,34,36)/b10-8+,12-11+,16-15+,19-9-,20-17+/t21-,22-,25-,26-,28+,29-,30+,31-/m1/s1. The van der Waals surface area contributed by atoms with Crippen LogP contribution >= 0.6 is 0 Å². The van der Waals surface area contributed by atoms with Crippen LogP contribution in [0, 0.1) is 23.2 Å². The molecule has 0 saturated heterocycles. The maximum absolute atomic E-state index is 12.7. The Bertz CT molecular complexity index is 1090. The van der Waals surface area contributed by atoms with E-state index in [4.69, 9.17) is 10.5 Å². The smallest absolute Gasteiger partial charge is 0.331 e. The van der Waals surface area contributed by atoms with Crippen LogP contribution in [0.1, 0.15) is 54.9 Å². The zero-order chi connectivity index (χ0) is 29.3. The summed E-state index contributed by atoms with van der Waals surface area (Å²) in [6.45, 7) is 12.7. The van der Waals surface area contributed by atoms with Crippen LogP contribution in [0.15, 0.2) is 71.9 Å². The number of ether oxygens (including phenoxy) is 1. The maximum Gasteiger partial charge on any atom is 0.331 e. The van der Waals surface area contributed by atoms with Crippen molar-refractivity contribution in [1.82, 2.24) is 10.6 Å². The Morgan fingerprint density at radius 3 is 2.44 bits per heavy atom. The minimum atomic E-state index is -1.13. The summed E-state index contributed by atoms with van der Waals surface area (Å²) in [6, 6.07) is -0.0558. The Morgan fingerprint density at radius 2 is 1.79 bits per heavy atom. The van der Waals surface area contributed by atoms with Crippen molar-refractivity contribution in [3.8, 4) is 0 Å². The third kappa shape index (κ3) is 9.79. The van der Waals surface area contributed by atoms with Crippen LogP contribution < -0.4 is 16.4 Å². The van der Waals surface area contributed by atoms with Crippen molar-refractivity contribution in [1.29, 1.82) is 0 Å². The highest BCUT2D eigenvalue weighted by Crippen LogP contribution is 2.41. The first-order valence-corrected chi connectivity index (χ1v) is 13.5. The first-order chi connectivity index (χ1) is 18.2. The molecule has 2 rings (SSSR count). The van der Waals surface area contributed by atoms with Gasteiger partial charge in [-0.1, -0.05) is 86.6 Å². The van der Waals surface area contributed by atoms with E-state index in [1.807, 2.05) is 45.1 Å². The Labute approximate surface area is 232 Å². The topological polar surface area (TPSA) is 131 Å². The minimum absolute atomic E-state index is 0.0558. The highest BCUT2D eigenvalue weighted by molar-refractivity contribution is 5.82. The lowest BCUT2D eigenvalue weighted by molar-refractivity contribution is -0.151. The van der Waals surface area contributed by atoms with Crippen molar-refractivity contribution in [3.05, 3.63) is 71.9 Å². The zero-order valence-corrected chi connectivity index (χ0v) is 24.2. The van der Waals surface area contributed by atoms with Crippen molar-refractivity contribution in [3.63, 3.8) is 0 Å². The second kappa shape index (κ2) is 14.2. The van der Waals surface area contributed by atoms with Gasteiger partial charge in [-0.2, -0.15) is 0 Å². The van der Waals surface area contributed by atoms with Crippen LogP contribution in [-0.2, 0) is 19.1 Å². The molecule has 0 bridgehead atoms. The molecule has 1 aliphatic carbocycles. The van der Waals surface area contributed by atoms with Gasteiger partial charge in [-0.25, -0.2) is 4.79 Å². The molecule has 0 unspecified atom stereocenters. The normalized spacial score (nSPS) is 35.4. The van der Waals surface area contributed by atoms with Crippen LogP contribution in [0.4, 0.5) is 0 Å². The van der Waals surface area contributed by atoms with E-state index in [1.54, 1.807) is 13.0 Å². The van der Waals surface area contributed by atoms with Gasteiger partial charge in [-0.15, -0.1) is 0 Å². The fraction of sp³-hybridized carbons (Fsp3) is 0.516. The van der Waals surface area contributed by atoms with E-state index in [2.05, 4.69) is 41.9 Å². The lowest BCUT2D eigenvalue weighted by Gasteiger charge is -2.38. The van der Waals surface area contributed by atoms with Crippen LogP contribution in [0.25, 0.3) is 0 Å². The molecule has 0 fully saturated rings. The van der Waals surface area contributed by atoms with Gasteiger partial charge in [-0.3, -0.25) is 9.59 Å². The van der Waals surface area contributed by atoms with Gasteiger partial charge >= 0.3 is 5.97 Å². The molecule has 5 N–H and O–H groups in total. The Hall–Kier alpha value is -3.23. The van der Waals surface area contributed by atoms with E-state index in [9.17, 15) is 19.5 Å². The number of nitrogens with two attached hydrogens (primary N) is 1. The number of carbonyl (C=O) groups excluding carboxylic acids is 3. The maximum atomic E-state index is 12.7. The van der Waals surface area contributed by atoms with E-state index in [1.165, 1.54) is 19.9 Å². The lowest BCUT2D eigenvalue weighted by atomic mass is 9.68. The molecule has 214 valence electrons. The molecular weight excluding hydrogens is 494 g/mol. The summed E-state index contributed by atoms with van der Waals surface area (Å²) in [5, 5.41) is 16.3. The second-order valence-electron chi connectivity index (χ2n) is 11.1. The van der Waals surface area contributed by atoms with Gasteiger partial charge in [0.05, 0.1) is 6.10 Å². The number of nitrogens with one attached hydrogen (secondary N) is 2. The highest BCUT2D eigenvalue weighted by atomic mass is 16.5. The lowest BCUT2D eigenvalue weighted by Crippen LogP contribution is -2.54. The van der Waals surface area contributed by atoms with Crippen molar-refractivity contribution in [2.45, 2.75) is 79.3 Å². The van der Waals surface area contributed by atoms with Crippen molar-refractivity contribution < 1.29 is 24.2 Å². The second-order valence-corrected chi connectivity index (χ2v) is 11.1. The van der Waals surface area contributed by atoms with Gasteiger partial charge in [0.1, 0.15) is 12.3 Å². The predicted molar refractivity (Wildman–Crippen MR) is 154 cm³/mol. The summed E-state index contributed by atoms with van der Waals surface area (Å²) in [7, 11) is 0. The molecule has 0 aromatic rings. The third-order valence-corrected chi connectivity index (χ3v) is 7.35. The largest absolute Gasteiger partial charge is 0.458 e. The zero-order valence-electron chi connectivity index (χ0n) is 24.2. The number of rotatable bonds is 5. The molecule has 0 saturated carbocycles. The molecule has 2 amide bonds. The Kier molecular flexibility index (Phi) is 11.7. The van der Waals surface area contributed by atoms with Gasteiger partial charge in [0.15, 0.2) is 0 Å². The molecule has 8 heteroatoms. The van der Waals surface area contributed by atoms with Crippen LogP contribution in [-0.4, -0.2) is 47.3 Å². The summed E-state index contributed by atoms with van der Waals surface area (Å²) in [5.41, 5.74) is 7.72. The molecule has 0 aromatic carbocycles. The summed E-state index contributed by atoms with van der Waals surface area (Å²) in [6.07, 6.45) is 17.3. The molecule has 39 heavy (non-hydrogen) atoms. The number of aliphatic hydroxyl groups excluding tert-OH is 1. The van der Waals surface area contributed by atoms with E-state index >= 15 is 0 Å². The van der Waals surface area contributed by atoms with Crippen molar-refractivity contribution in [2.24, 2.45) is 28.9 Å². The molecule has 0 spiro atoms. The van der Waals surface area contributed by atoms with E-state index < -0.39 is 30.3 Å². The predicted octanol–water partition coefficient (Wildman–Crippen LogP) is 3.61. The minimum Gasteiger partial charge on any atom is -0.458 e. The number of aliphatic hydroxyl groups is 1. The summed E-state index contributed by atoms with van der Waals surface area (Å²) >= 11 is 0. The van der Waals surface area contributed by atoms with Crippen molar-refractivity contribution in [2.75, 3.05) is 0 Å². The van der Waals surface area contributed by atoms with Gasteiger partial charge < -0.3 is 26.2 Å². The van der Waals surface area contributed by atoms with E-state index in [-0.39, 0.29) is 35.1 Å². The Balaban J connectivity index is 2.47. The monoisotopic (exact) mass is 539 g/mol. The average Bonchev–Trinajstić information content (AvgIpc) is 2.84. The average molecular weight is 540 g/mol. The number of hydrogen-bond acceptors (Lipinski definition) is 6. The Morgan fingerprint density at radius 1 is 1.10 bits per heavy atom. The molecule has 2 aliphatic rings. The molecular formula is C31H45N3O5. The number of amides is 2. The van der Waals surface area contributed by atoms with Crippen LogP contribution in [0.2, 0.25) is 0 Å². The van der Waals surface area contributed by atoms with E-state index in [0.29, 0.717) is 0 Å². The van der Waals surface area contributed by atoms with Crippen LogP contribution in [0.3, 0.4) is 0 Å². The highest BCUT2D eigenvalue weighted by Gasteiger charge is 2.36. The summed E-state index contributed by atoms with van der Waals surface area (Å²) < 4.78 is 5.80. The molecule has 1 heterocycles. The molecule has 0 radical (unpaired) electrons. The number of cyclic esters (lactones) is 1. The fourth-order valence-electron chi connectivity index (χ4n) is 5.05. The van der Waals surface area contributed by atoms with Crippen LogP contribution in [0.5, 0.6) is 0 Å². The number of esters is 1.